The SMILES string of the molecule is Cc1c(C(=O)Nc2cccc(N3CCOC3=O)c2)sc2nc3n(c(=O)c12)CCC3. The lowest BCUT2D eigenvalue weighted by Gasteiger charge is -2.14. The van der Waals surface area contributed by atoms with Crippen LogP contribution in [0.5, 0.6) is 0 Å². The van der Waals surface area contributed by atoms with Crippen LogP contribution in [0.25, 0.3) is 10.2 Å². The van der Waals surface area contributed by atoms with Crippen LogP contribution >= 0.6 is 11.3 Å². The quantitative estimate of drug-likeness (QED) is 0.717. The van der Waals surface area contributed by atoms with Gasteiger partial charge >= 0.3 is 6.09 Å². The van der Waals surface area contributed by atoms with Crippen molar-refractivity contribution in [3.05, 3.63) is 50.9 Å². The lowest BCUT2D eigenvalue weighted by Crippen LogP contribution is -2.23. The zero-order valence-corrected chi connectivity index (χ0v) is 16.5. The van der Waals surface area contributed by atoms with Crippen LogP contribution in [0.2, 0.25) is 0 Å². The summed E-state index contributed by atoms with van der Waals surface area (Å²) in [6, 6.07) is 7.05. The normalized spacial score (nSPS) is 15.6. The number of fused-ring (bicyclic) bond motifs is 2. The van der Waals surface area contributed by atoms with E-state index in [2.05, 4.69) is 10.3 Å². The minimum absolute atomic E-state index is 0.0650. The highest BCUT2D eigenvalue weighted by atomic mass is 32.1. The third-order valence-corrected chi connectivity index (χ3v) is 6.48. The molecule has 8 nitrogen and oxygen atoms in total. The van der Waals surface area contributed by atoms with E-state index >= 15 is 0 Å². The Kier molecular flexibility index (Phi) is 4.13. The number of rotatable bonds is 3. The number of hydrogen-bond acceptors (Lipinski definition) is 6. The van der Waals surface area contributed by atoms with Crippen LogP contribution in [0.4, 0.5) is 16.2 Å². The summed E-state index contributed by atoms with van der Waals surface area (Å²) in [5.41, 5.74) is 1.82. The standard InChI is InChI=1S/C20H18N4O4S/c1-11-15-18(22-14-6-3-7-24(14)19(15)26)29-16(11)17(25)21-12-4-2-5-13(10-12)23-8-9-28-20(23)27/h2,4-5,10H,3,6-9H2,1H3,(H,21,25). The molecule has 9 heteroatoms. The molecule has 0 spiro atoms. The number of anilines is 2. The molecule has 3 aromatic rings. The highest BCUT2D eigenvalue weighted by Crippen LogP contribution is 2.30. The molecule has 0 radical (unpaired) electrons. The molecule has 1 N–H and O–H groups in total. The molecular formula is C20H18N4O4S. The third kappa shape index (κ3) is 2.89. The van der Waals surface area contributed by atoms with E-state index in [9.17, 15) is 14.4 Å². The number of hydrogen-bond donors (Lipinski definition) is 1. The van der Waals surface area contributed by atoms with Crippen molar-refractivity contribution in [2.24, 2.45) is 0 Å². The predicted octanol–water partition coefficient (Wildman–Crippen LogP) is 2.92. The molecule has 4 heterocycles. The predicted molar refractivity (Wildman–Crippen MR) is 110 cm³/mol. The van der Waals surface area contributed by atoms with Gasteiger partial charge in [-0.25, -0.2) is 9.78 Å². The van der Waals surface area contributed by atoms with Gasteiger partial charge in [0.1, 0.15) is 17.3 Å². The Balaban J connectivity index is 1.47. The highest BCUT2D eigenvalue weighted by molar-refractivity contribution is 7.20. The van der Waals surface area contributed by atoms with Crippen molar-refractivity contribution < 1.29 is 14.3 Å². The van der Waals surface area contributed by atoms with Crippen molar-refractivity contribution in [1.82, 2.24) is 9.55 Å². The molecule has 1 saturated heterocycles. The number of carbonyl (C=O) groups excluding carboxylic acids is 2. The van der Waals surface area contributed by atoms with Gasteiger partial charge in [-0.1, -0.05) is 6.07 Å². The average Bonchev–Trinajstić information content (AvgIpc) is 3.41. The molecule has 0 saturated carbocycles. The fourth-order valence-corrected chi connectivity index (χ4v) is 4.95. The van der Waals surface area contributed by atoms with Crippen molar-refractivity contribution in [3.8, 4) is 0 Å². The zero-order valence-electron chi connectivity index (χ0n) is 15.7. The summed E-state index contributed by atoms with van der Waals surface area (Å²) in [4.78, 5) is 44.7. The second-order valence-corrected chi connectivity index (χ2v) is 8.09. The van der Waals surface area contributed by atoms with Gasteiger partial charge in [0.05, 0.1) is 16.8 Å². The first-order valence-electron chi connectivity index (χ1n) is 9.41. The molecule has 0 bridgehead atoms. The summed E-state index contributed by atoms with van der Waals surface area (Å²) >= 11 is 1.24. The lowest BCUT2D eigenvalue weighted by molar-refractivity contribution is 0.103. The van der Waals surface area contributed by atoms with E-state index in [1.807, 2.05) is 0 Å². The minimum Gasteiger partial charge on any atom is -0.447 e. The maximum Gasteiger partial charge on any atom is 0.414 e. The van der Waals surface area contributed by atoms with Gasteiger partial charge in [-0.2, -0.15) is 0 Å². The number of aromatic nitrogens is 2. The molecule has 2 aliphatic heterocycles. The van der Waals surface area contributed by atoms with Crippen LogP contribution in [0.3, 0.4) is 0 Å². The Hall–Kier alpha value is -3.20. The molecule has 5 rings (SSSR count). The van der Waals surface area contributed by atoms with Gasteiger partial charge in [0, 0.05) is 24.3 Å². The Morgan fingerprint density at radius 2 is 2.14 bits per heavy atom. The van der Waals surface area contributed by atoms with Gasteiger partial charge in [-0.3, -0.25) is 19.1 Å². The Bertz CT molecular complexity index is 1230. The first-order chi connectivity index (χ1) is 14.0. The molecular weight excluding hydrogens is 392 g/mol. The van der Waals surface area contributed by atoms with Crippen molar-refractivity contribution in [3.63, 3.8) is 0 Å². The maximum absolute atomic E-state index is 12.9. The van der Waals surface area contributed by atoms with E-state index < -0.39 is 6.09 Å². The molecule has 2 amide bonds. The van der Waals surface area contributed by atoms with Gasteiger partial charge in [0.25, 0.3) is 11.5 Å². The fraction of sp³-hybridized carbons (Fsp3) is 0.300. The Labute approximate surface area is 169 Å². The molecule has 0 unspecified atom stereocenters. The van der Waals surface area contributed by atoms with Gasteiger partial charge in [-0.15, -0.1) is 11.3 Å². The van der Waals surface area contributed by atoms with Crippen molar-refractivity contribution in [2.75, 3.05) is 23.4 Å². The number of amides is 2. The average molecular weight is 410 g/mol. The van der Waals surface area contributed by atoms with Gasteiger partial charge < -0.3 is 10.1 Å². The van der Waals surface area contributed by atoms with Crippen LogP contribution in [0, 0.1) is 6.92 Å². The number of benzene rings is 1. The summed E-state index contributed by atoms with van der Waals surface area (Å²) in [5, 5.41) is 3.40. The first kappa shape index (κ1) is 17.9. The molecule has 29 heavy (non-hydrogen) atoms. The highest BCUT2D eigenvalue weighted by Gasteiger charge is 2.25. The monoisotopic (exact) mass is 410 g/mol. The number of cyclic esters (lactones) is 1. The summed E-state index contributed by atoms with van der Waals surface area (Å²) < 4.78 is 6.68. The largest absolute Gasteiger partial charge is 0.447 e. The number of carbonyl (C=O) groups is 2. The summed E-state index contributed by atoms with van der Waals surface area (Å²) in [6.07, 6.45) is 1.32. The molecule has 148 valence electrons. The van der Waals surface area contributed by atoms with E-state index in [0.717, 1.165) is 18.7 Å². The Morgan fingerprint density at radius 3 is 2.93 bits per heavy atom. The van der Waals surface area contributed by atoms with Crippen LogP contribution in [0.15, 0.2) is 29.1 Å². The molecule has 1 aromatic carbocycles. The number of thiophene rings is 1. The van der Waals surface area contributed by atoms with Crippen LogP contribution < -0.4 is 15.8 Å². The summed E-state index contributed by atoms with van der Waals surface area (Å²) in [7, 11) is 0. The molecule has 1 fully saturated rings. The summed E-state index contributed by atoms with van der Waals surface area (Å²) in [5.74, 6) is 0.497. The fourth-order valence-electron chi connectivity index (χ4n) is 3.86. The molecule has 0 atom stereocenters. The number of nitrogens with zero attached hydrogens (tertiary/aromatic N) is 3. The minimum atomic E-state index is -0.395. The first-order valence-corrected chi connectivity index (χ1v) is 10.2. The molecule has 0 aliphatic carbocycles. The van der Waals surface area contributed by atoms with Gasteiger partial charge in [0.15, 0.2) is 0 Å². The zero-order chi connectivity index (χ0) is 20.1. The second kappa shape index (κ2) is 6.70. The molecule has 2 aliphatic rings. The van der Waals surface area contributed by atoms with E-state index in [4.69, 9.17) is 4.74 Å². The third-order valence-electron chi connectivity index (χ3n) is 5.29. The second-order valence-electron chi connectivity index (χ2n) is 7.10. The van der Waals surface area contributed by atoms with Gasteiger partial charge in [0.2, 0.25) is 0 Å². The van der Waals surface area contributed by atoms with Crippen LogP contribution in [-0.4, -0.2) is 34.7 Å². The number of nitrogens with one attached hydrogen (secondary N) is 1. The van der Waals surface area contributed by atoms with Crippen LogP contribution in [0.1, 0.15) is 27.5 Å². The van der Waals surface area contributed by atoms with Crippen molar-refractivity contribution in [1.29, 1.82) is 0 Å². The smallest absolute Gasteiger partial charge is 0.414 e. The van der Waals surface area contributed by atoms with Crippen molar-refractivity contribution >= 4 is 44.9 Å². The maximum atomic E-state index is 12.9. The van der Waals surface area contributed by atoms with E-state index in [0.29, 0.717) is 51.7 Å². The lowest BCUT2D eigenvalue weighted by atomic mass is 10.2. The van der Waals surface area contributed by atoms with Crippen molar-refractivity contribution in [2.45, 2.75) is 26.3 Å². The van der Waals surface area contributed by atoms with E-state index in [1.165, 1.54) is 16.2 Å². The summed E-state index contributed by atoms with van der Waals surface area (Å²) in [6.45, 7) is 3.30. The van der Waals surface area contributed by atoms with E-state index in [-0.39, 0.29) is 11.5 Å². The molecule has 2 aromatic heterocycles. The number of ether oxygens (including phenoxy) is 1. The Morgan fingerprint density at radius 1 is 1.28 bits per heavy atom. The topological polar surface area (TPSA) is 93.5 Å². The van der Waals surface area contributed by atoms with Gasteiger partial charge in [-0.05, 0) is 37.1 Å². The number of aryl methyl sites for hydroxylation is 2. The van der Waals surface area contributed by atoms with Crippen LogP contribution in [-0.2, 0) is 17.7 Å². The van der Waals surface area contributed by atoms with E-state index in [1.54, 1.807) is 35.8 Å².